The number of carbonyl (C=O) groups is 1. The summed E-state index contributed by atoms with van der Waals surface area (Å²) in [5.74, 6) is 1.06. The van der Waals surface area contributed by atoms with E-state index in [1.165, 1.54) is 0 Å². The van der Waals surface area contributed by atoms with Gasteiger partial charge in [0.05, 0.1) is 0 Å². The van der Waals surface area contributed by atoms with E-state index in [4.69, 9.17) is 5.73 Å². The van der Waals surface area contributed by atoms with Gasteiger partial charge in [-0.2, -0.15) is 0 Å². The zero-order chi connectivity index (χ0) is 13.7. The van der Waals surface area contributed by atoms with Crippen LogP contribution in [0.5, 0.6) is 0 Å². The molecule has 0 aromatic carbocycles. The Morgan fingerprint density at radius 2 is 2.06 bits per heavy atom. The van der Waals surface area contributed by atoms with E-state index in [-0.39, 0.29) is 11.8 Å². The van der Waals surface area contributed by atoms with Crippen molar-refractivity contribution in [2.75, 3.05) is 12.3 Å². The van der Waals surface area contributed by atoms with Crippen molar-refractivity contribution in [3.8, 4) is 0 Å². The maximum absolute atomic E-state index is 12.0. The second kappa shape index (κ2) is 6.38. The van der Waals surface area contributed by atoms with E-state index in [9.17, 15) is 4.79 Å². The molecule has 1 amide bonds. The highest BCUT2D eigenvalue weighted by Crippen LogP contribution is 2.16. The lowest BCUT2D eigenvalue weighted by Crippen LogP contribution is -2.28. The summed E-state index contributed by atoms with van der Waals surface area (Å²) in [5, 5.41) is 2.92. The predicted octanol–water partition coefficient (Wildman–Crippen LogP) is 2.56. The summed E-state index contributed by atoms with van der Waals surface area (Å²) in [7, 11) is 0. The van der Waals surface area contributed by atoms with E-state index in [0.717, 1.165) is 12.1 Å². The largest absolute Gasteiger partial charge is 0.384 e. The number of aromatic nitrogens is 1. The molecule has 0 spiro atoms. The highest BCUT2D eigenvalue weighted by molar-refractivity contribution is 5.94. The number of anilines is 1. The summed E-state index contributed by atoms with van der Waals surface area (Å²) in [6.07, 6.45) is 1.05. The van der Waals surface area contributed by atoms with Crippen LogP contribution in [0.3, 0.4) is 0 Å². The van der Waals surface area contributed by atoms with Gasteiger partial charge >= 0.3 is 0 Å². The van der Waals surface area contributed by atoms with E-state index in [2.05, 4.69) is 24.1 Å². The lowest BCUT2D eigenvalue weighted by atomic mass is 10.1. The van der Waals surface area contributed by atoms with Gasteiger partial charge in [0, 0.05) is 17.8 Å². The van der Waals surface area contributed by atoms with E-state index >= 15 is 0 Å². The number of nitrogens with one attached hydrogen (secondary N) is 1. The van der Waals surface area contributed by atoms with Crippen LogP contribution in [0.2, 0.25) is 0 Å². The third-order valence-corrected chi connectivity index (χ3v) is 3.03. The quantitative estimate of drug-likeness (QED) is 0.842. The monoisotopic (exact) mass is 249 g/mol. The first-order chi connectivity index (χ1) is 8.43. The molecule has 4 heteroatoms. The Hall–Kier alpha value is -1.58. The van der Waals surface area contributed by atoms with Crippen LogP contribution >= 0.6 is 0 Å². The Morgan fingerprint density at radius 3 is 2.61 bits per heavy atom. The SMILES string of the molecule is CCC(C)CNC(=O)c1cc(N)nc(C(C)C)c1. The molecule has 1 heterocycles. The number of nitrogens with two attached hydrogens (primary N) is 1. The number of pyridine rings is 1. The second-order valence-electron chi connectivity index (χ2n) is 5.08. The molecule has 4 nitrogen and oxygen atoms in total. The van der Waals surface area contributed by atoms with Crippen molar-refractivity contribution in [3.63, 3.8) is 0 Å². The third-order valence-electron chi connectivity index (χ3n) is 3.03. The minimum Gasteiger partial charge on any atom is -0.384 e. The van der Waals surface area contributed by atoms with Gasteiger partial charge in [0.1, 0.15) is 5.82 Å². The van der Waals surface area contributed by atoms with E-state index in [1.54, 1.807) is 6.07 Å². The molecule has 1 aromatic heterocycles. The van der Waals surface area contributed by atoms with Crippen molar-refractivity contribution in [1.29, 1.82) is 0 Å². The van der Waals surface area contributed by atoms with Gasteiger partial charge in [0.2, 0.25) is 0 Å². The first-order valence-electron chi connectivity index (χ1n) is 6.49. The van der Waals surface area contributed by atoms with Gasteiger partial charge in [0.25, 0.3) is 5.91 Å². The highest BCUT2D eigenvalue weighted by Gasteiger charge is 2.11. The fourth-order valence-corrected chi connectivity index (χ4v) is 1.51. The highest BCUT2D eigenvalue weighted by atomic mass is 16.1. The molecule has 0 saturated carbocycles. The molecule has 1 rings (SSSR count). The van der Waals surface area contributed by atoms with E-state index in [1.807, 2.05) is 19.9 Å². The second-order valence-corrected chi connectivity index (χ2v) is 5.08. The molecule has 0 saturated heterocycles. The average molecular weight is 249 g/mol. The third kappa shape index (κ3) is 4.02. The van der Waals surface area contributed by atoms with Crippen LogP contribution in [0.1, 0.15) is 56.1 Å². The van der Waals surface area contributed by atoms with Crippen LogP contribution in [-0.2, 0) is 0 Å². The first kappa shape index (κ1) is 14.5. The Kier molecular flexibility index (Phi) is 5.13. The summed E-state index contributed by atoms with van der Waals surface area (Å²) in [5.41, 5.74) is 7.17. The van der Waals surface area contributed by atoms with Crippen LogP contribution < -0.4 is 11.1 Å². The first-order valence-corrected chi connectivity index (χ1v) is 6.49. The number of hydrogen-bond acceptors (Lipinski definition) is 3. The standard InChI is InChI=1S/C14H23N3O/c1-5-10(4)8-16-14(18)11-6-12(9(2)3)17-13(15)7-11/h6-7,9-10H,5,8H2,1-4H3,(H2,15,17)(H,16,18). The molecule has 1 atom stereocenters. The van der Waals surface area contributed by atoms with Crippen LogP contribution in [0, 0.1) is 5.92 Å². The number of rotatable bonds is 5. The van der Waals surface area contributed by atoms with Gasteiger partial charge in [0.15, 0.2) is 0 Å². The lowest BCUT2D eigenvalue weighted by molar-refractivity contribution is 0.0947. The fourth-order valence-electron chi connectivity index (χ4n) is 1.51. The molecular weight excluding hydrogens is 226 g/mol. The van der Waals surface area contributed by atoms with Gasteiger partial charge in [-0.3, -0.25) is 4.79 Å². The molecule has 0 radical (unpaired) electrons. The number of nitrogens with zero attached hydrogens (tertiary/aromatic N) is 1. The summed E-state index contributed by atoms with van der Waals surface area (Å²) < 4.78 is 0. The Balaban J connectivity index is 2.79. The fraction of sp³-hybridized carbons (Fsp3) is 0.571. The van der Waals surface area contributed by atoms with Crippen molar-refractivity contribution < 1.29 is 4.79 Å². The van der Waals surface area contributed by atoms with Crippen molar-refractivity contribution >= 4 is 11.7 Å². The van der Waals surface area contributed by atoms with Crippen LogP contribution in [-0.4, -0.2) is 17.4 Å². The van der Waals surface area contributed by atoms with Crippen LogP contribution in [0.15, 0.2) is 12.1 Å². The van der Waals surface area contributed by atoms with Crippen LogP contribution in [0.25, 0.3) is 0 Å². The van der Waals surface area contributed by atoms with Crippen molar-refractivity contribution in [2.45, 2.75) is 40.0 Å². The Morgan fingerprint density at radius 1 is 1.39 bits per heavy atom. The van der Waals surface area contributed by atoms with Crippen LogP contribution in [0.4, 0.5) is 5.82 Å². The van der Waals surface area contributed by atoms with E-state index < -0.39 is 0 Å². The topological polar surface area (TPSA) is 68.0 Å². The smallest absolute Gasteiger partial charge is 0.251 e. The van der Waals surface area contributed by atoms with Crippen molar-refractivity contribution in [1.82, 2.24) is 10.3 Å². The minimum atomic E-state index is -0.0775. The molecule has 0 aliphatic carbocycles. The minimum absolute atomic E-state index is 0.0775. The van der Waals surface area contributed by atoms with Gasteiger partial charge in [-0.05, 0) is 24.0 Å². The molecular formula is C14H23N3O. The normalized spacial score (nSPS) is 12.5. The Labute approximate surface area is 109 Å². The average Bonchev–Trinajstić information content (AvgIpc) is 2.34. The number of hydrogen-bond donors (Lipinski definition) is 2. The maximum Gasteiger partial charge on any atom is 0.251 e. The maximum atomic E-state index is 12.0. The summed E-state index contributed by atoms with van der Waals surface area (Å²) in [4.78, 5) is 16.2. The van der Waals surface area contributed by atoms with Gasteiger partial charge < -0.3 is 11.1 Å². The molecule has 100 valence electrons. The molecule has 1 aromatic rings. The lowest BCUT2D eigenvalue weighted by Gasteiger charge is -2.12. The molecule has 0 fully saturated rings. The Bertz CT molecular complexity index is 416. The molecule has 3 N–H and O–H groups in total. The molecule has 0 bridgehead atoms. The molecule has 0 aliphatic heterocycles. The van der Waals surface area contributed by atoms with Crippen molar-refractivity contribution in [3.05, 3.63) is 23.4 Å². The zero-order valence-corrected chi connectivity index (χ0v) is 11.7. The van der Waals surface area contributed by atoms with Gasteiger partial charge in [-0.15, -0.1) is 0 Å². The number of amides is 1. The van der Waals surface area contributed by atoms with Gasteiger partial charge in [-0.25, -0.2) is 4.98 Å². The van der Waals surface area contributed by atoms with Crippen molar-refractivity contribution in [2.24, 2.45) is 5.92 Å². The zero-order valence-electron chi connectivity index (χ0n) is 11.7. The van der Waals surface area contributed by atoms with E-state index in [0.29, 0.717) is 23.8 Å². The summed E-state index contributed by atoms with van der Waals surface area (Å²) in [6, 6.07) is 3.44. The molecule has 0 aliphatic rings. The number of carbonyl (C=O) groups excluding carboxylic acids is 1. The number of nitrogen functional groups attached to an aromatic ring is 1. The summed E-state index contributed by atoms with van der Waals surface area (Å²) >= 11 is 0. The predicted molar refractivity (Wildman–Crippen MR) is 74.5 cm³/mol. The molecule has 1 unspecified atom stereocenters. The summed E-state index contributed by atoms with van der Waals surface area (Å²) in [6.45, 7) is 8.97. The molecule has 18 heavy (non-hydrogen) atoms. The van der Waals surface area contributed by atoms with Gasteiger partial charge in [-0.1, -0.05) is 34.1 Å².